The van der Waals surface area contributed by atoms with Gasteiger partial charge in [0.05, 0.1) is 0 Å². The SMILES string of the molecule is CCCCCCCCC/C=C\CCCCCCOCC. The molecule has 0 N–H and O–H groups in total. The Morgan fingerprint density at radius 3 is 1.65 bits per heavy atom. The number of ether oxygens (including phenoxy) is 1. The van der Waals surface area contributed by atoms with Crippen molar-refractivity contribution in [3.05, 3.63) is 12.2 Å². The van der Waals surface area contributed by atoms with Crippen molar-refractivity contribution in [2.75, 3.05) is 13.2 Å². The van der Waals surface area contributed by atoms with Crippen molar-refractivity contribution in [3.63, 3.8) is 0 Å². The van der Waals surface area contributed by atoms with Gasteiger partial charge in [0.25, 0.3) is 0 Å². The van der Waals surface area contributed by atoms with E-state index in [1.807, 2.05) is 0 Å². The first-order valence-electron chi connectivity index (χ1n) is 9.14. The molecule has 1 nitrogen and oxygen atoms in total. The van der Waals surface area contributed by atoms with E-state index in [4.69, 9.17) is 4.74 Å². The monoisotopic (exact) mass is 282 g/mol. The number of hydrogen-bond acceptors (Lipinski definition) is 1. The second kappa shape index (κ2) is 18.7. The molecule has 0 aliphatic heterocycles. The van der Waals surface area contributed by atoms with Crippen LogP contribution in [0.1, 0.15) is 97.3 Å². The first-order valence-corrected chi connectivity index (χ1v) is 9.14. The molecule has 120 valence electrons. The van der Waals surface area contributed by atoms with Crippen LogP contribution in [0.15, 0.2) is 12.2 Å². The van der Waals surface area contributed by atoms with Gasteiger partial charge in [-0.25, -0.2) is 0 Å². The molecule has 0 atom stereocenters. The molecule has 0 fully saturated rings. The highest BCUT2D eigenvalue weighted by atomic mass is 16.5. The lowest BCUT2D eigenvalue weighted by Gasteiger charge is -2.00. The molecule has 0 aliphatic carbocycles. The van der Waals surface area contributed by atoms with Crippen molar-refractivity contribution in [2.24, 2.45) is 0 Å². The van der Waals surface area contributed by atoms with Crippen molar-refractivity contribution in [3.8, 4) is 0 Å². The van der Waals surface area contributed by atoms with Crippen molar-refractivity contribution in [1.29, 1.82) is 0 Å². The van der Waals surface area contributed by atoms with Gasteiger partial charge in [0.2, 0.25) is 0 Å². The van der Waals surface area contributed by atoms with Crippen LogP contribution in [-0.2, 0) is 4.74 Å². The number of unbranched alkanes of at least 4 members (excludes halogenated alkanes) is 11. The lowest BCUT2D eigenvalue weighted by molar-refractivity contribution is 0.143. The molecule has 0 aromatic rings. The third kappa shape index (κ3) is 17.7. The third-order valence-corrected chi connectivity index (χ3v) is 3.75. The summed E-state index contributed by atoms with van der Waals surface area (Å²) in [5.74, 6) is 0. The maximum atomic E-state index is 5.33. The quantitative estimate of drug-likeness (QED) is 0.227. The molecule has 0 aromatic carbocycles. The molecule has 0 saturated carbocycles. The Kier molecular flexibility index (Phi) is 18.4. The van der Waals surface area contributed by atoms with Gasteiger partial charge in [0.15, 0.2) is 0 Å². The summed E-state index contributed by atoms with van der Waals surface area (Å²) >= 11 is 0. The Bertz CT molecular complexity index is 166. The topological polar surface area (TPSA) is 9.23 Å². The molecular formula is C19H38O. The van der Waals surface area contributed by atoms with Gasteiger partial charge >= 0.3 is 0 Å². The van der Waals surface area contributed by atoms with Crippen molar-refractivity contribution < 1.29 is 4.74 Å². The summed E-state index contributed by atoms with van der Waals surface area (Å²) in [6.45, 7) is 6.16. The van der Waals surface area contributed by atoms with E-state index in [1.54, 1.807) is 0 Å². The van der Waals surface area contributed by atoms with Crippen LogP contribution in [0.5, 0.6) is 0 Å². The minimum absolute atomic E-state index is 0.862. The van der Waals surface area contributed by atoms with Gasteiger partial charge in [-0.05, 0) is 39.0 Å². The molecule has 0 aliphatic rings. The maximum absolute atomic E-state index is 5.33. The summed E-state index contributed by atoms with van der Waals surface area (Å²) in [7, 11) is 0. The molecule has 0 saturated heterocycles. The van der Waals surface area contributed by atoms with Gasteiger partial charge in [0.1, 0.15) is 0 Å². The fraction of sp³-hybridized carbons (Fsp3) is 0.895. The summed E-state index contributed by atoms with van der Waals surface area (Å²) in [5, 5.41) is 0. The predicted octanol–water partition coefficient (Wildman–Crippen LogP) is 6.67. The van der Waals surface area contributed by atoms with E-state index in [9.17, 15) is 0 Å². The second-order valence-electron chi connectivity index (χ2n) is 5.78. The van der Waals surface area contributed by atoms with E-state index >= 15 is 0 Å². The van der Waals surface area contributed by atoms with Crippen LogP contribution in [0.4, 0.5) is 0 Å². The van der Waals surface area contributed by atoms with Gasteiger partial charge in [-0.1, -0.05) is 70.4 Å². The summed E-state index contributed by atoms with van der Waals surface area (Å²) in [6.07, 6.45) is 22.5. The molecule has 0 spiro atoms. The standard InChI is InChI=1S/C19H38O/c1-3-5-6-7-8-9-10-11-12-13-14-15-16-17-18-19-20-4-2/h12-13H,3-11,14-19H2,1-2H3/b13-12-. The van der Waals surface area contributed by atoms with Gasteiger partial charge in [-0.2, -0.15) is 0 Å². The average molecular weight is 283 g/mol. The molecule has 1 heteroatoms. The molecule has 0 radical (unpaired) electrons. The maximum Gasteiger partial charge on any atom is 0.0465 e. The van der Waals surface area contributed by atoms with Gasteiger partial charge in [0, 0.05) is 13.2 Å². The van der Waals surface area contributed by atoms with E-state index in [0.29, 0.717) is 0 Å². The van der Waals surface area contributed by atoms with Crippen molar-refractivity contribution >= 4 is 0 Å². The largest absolute Gasteiger partial charge is 0.382 e. The molecular weight excluding hydrogens is 244 g/mol. The number of allylic oxidation sites excluding steroid dienone is 2. The van der Waals surface area contributed by atoms with E-state index in [1.165, 1.54) is 83.5 Å². The van der Waals surface area contributed by atoms with Crippen LogP contribution < -0.4 is 0 Å². The van der Waals surface area contributed by atoms with Crippen LogP contribution in [-0.4, -0.2) is 13.2 Å². The van der Waals surface area contributed by atoms with E-state index in [0.717, 1.165) is 13.2 Å². The number of rotatable bonds is 16. The normalized spacial score (nSPS) is 11.5. The summed E-state index contributed by atoms with van der Waals surface area (Å²) < 4.78 is 5.33. The fourth-order valence-corrected chi connectivity index (χ4v) is 2.42. The highest BCUT2D eigenvalue weighted by molar-refractivity contribution is 4.81. The summed E-state index contributed by atoms with van der Waals surface area (Å²) in [5.41, 5.74) is 0. The smallest absolute Gasteiger partial charge is 0.0465 e. The first kappa shape index (κ1) is 19.7. The zero-order chi connectivity index (χ0) is 14.7. The van der Waals surface area contributed by atoms with Gasteiger partial charge in [-0.3, -0.25) is 0 Å². The van der Waals surface area contributed by atoms with Crippen molar-refractivity contribution in [2.45, 2.75) is 97.3 Å². The van der Waals surface area contributed by atoms with Gasteiger partial charge < -0.3 is 4.74 Å². The van der Waals surface area contributed by atoms with Crippen LogP contribution in [0, 0.1) is 0 Å². The molecule has 0 unspecified atom stereocenters. The van der Waals surface area contributed by atoms with Crippen LogP contribution in [0.2, 0.25) is 0 Å². The molecule has 0 aromatic heterocycles. The first-order chi connectivity index (χ1) is 9.91. The summed E-state index contributed by atoms with van der Waals surface area (Å²) in [6, 6.07) is 0. The van der Waals surface area contributed by atoms with E-state index in [-0.39, 0.29) is 0 Å². The van der Waals surface area contributed by atoms with Crippen molar-refractivity contribution in [1.82, 2.24) is 0 Å². The zero-order valence-electron chi connectivity index (χ0n) is 14.2. The van der Waals surface area contributed by atoms with Crippen LogP contribution in [0.3, 0.4) is 0 Å². The van der Waals surface area contributed by atoms with Gasteiger partial charge in [-0.15, -0.1) is 0 Å². The molecule has 0 rings (SSSR count). The Morgan fingerprint density at radius 2 is 1.10 bits per heavy atom. The predicted molar refractivity (Wildman–Crippen MR) is 91.3 cm³/mol. The average Bonchev–Trinajstić information content (AvgIpc) is 2.47. The Labute approximate surface area is 128 Å². The Morgan fingerprint density at radius 1 is 0.600 bits per heavy atom. The van der Waals surface area contributed by atoms with E-state index < -0.39 is 0 Å². The highest BCUT2D eigenvalue weighted by Gasteiger charge is 1.90. The van der Waals surface area contributed by atoms with E-state index in [2.05, 4.69) is 26.0 Å². The lowest BCUT2D eigenvalue weighted by Crippen LogP contribution is -1.92. The molecule has 0 amide bonds. The Balaban J connectivity index is 3.01. The Hall–Kier alpha value is -0.300. The van der Waals surface area contributed by atoms with Crippen LogP contribution in [0.25, 0.3) is 0 Å². The third-order valence-electron chi connectivity index (χ3n) is 3.75. The fourth-order valence-electron chi connectivity index (χ4n) is 2.42. The summed E-state index contributed by atoms with van der Waals surface area (Å²) in [4.78, 5) is 0. The molecule has 0 bridgehead atoms. The minimum Gasteiger partial charge on any atom is -0.382 e. The lowest BCUT2D eigenvalue weighted by atomic mass is 10.1. The molecule has 0 heterocycles. The second-order valence-corrected chi connectivity index (χ2v) is 5.78. The molecule has 20 heavy (non-hydrogen) atoms. The minimum atomic E-state index is 0.862. The highest BCUT2D eigenvalue weighted by Crippen LogP contribution is 2.09. The van der Waals surface area contributed by atoms with Crippen LogP contribution >= 0.6 is 0 Å². The zero-order valence-corrected chi connectivity index (χ0v) is 14.2. The number of hydrogen-bond donors (Lipinski definition) is 0.